The predicted octanol–water partition coefficient (Wildman–Crippen LogP) is 4.22. The molecule has 0 bridgehead atoms. The summed E-state index contributed by atoms with van der Waals surface area (Å²) in [4.78, 5) is 12.4. The van der Waals surface area contributed by atoms with Crippen molar-refractivity contribution in [3.8, 4) is 17.1 Å². The van der Waals surface area contributed by atoms with Gasteiger partial charge in [-0.25, -0.2) is 0 Å². The molecule has 122 valence electrons. The van der Waals surface area contributed by atoms with E-state index in [2.05, 4.69) is 10.5 Å². The summed E-state index contributed by atoms with van der Waals surface area (Å²) >= 11 is 0. The number of carbonyl (C=O) groups excluding carboxylic acids is 1. The fraction of sp³-hybridized carbons (Fsp3) is 0.158. The van der Waals surface area contributed by atoms with E-state index in [4.69, 9.17) is 9.26 Å². The number of amides is 1. The third-order valence-electron chi connectivity index (χ3n) is 3.76. The van der Waals surface area contributed by atoms with Crippen molar-refractivity contribution in [2.24, 2.45) is 0 Å². The van der Waals surface area contributed by atoms with Gasteiger partial charge in [0.2, 0.25) is 0 Å². The van der Waals surface area contributed by atoms with Gasteiger partial charge in [-0.2, -0.15) is 0 Å². The number of ether oxygens (including phenoxy) is 1. The summed E-state index contributed by atoms with van der Waals surface area (Å²) in [6.07, 6.45) is 0. The van der Waals surface area contributed by atoms with Gasteiger partial charge in [-0.1, -0.05) is 17.3 Å². The zero-order valence-electron chi connectivity index (χ0n) is 13.8. The zero-order chi connectivity index (χ0) is 17.1. The third kappa shape index (κ3) is 3.30. The van der Waals surface area contributed by atoms with E-state index in [1.54, 1.807) is 13.2 Å². The molecule has 0 atom stereocenters. The van der Waals surface area contributed by atoms with Crippen LogP contribution in [0.25, 0.3) is 11.3 Å². The third-order valence-corrected chi connectivity index (χ3v) is 3.76. The number of rotatable bonds is 4. The highest BCUT2D eigenvalue weighted by Crippen LogP contribution is 2.24. The van der Waals surface area contributed by atoms with E-state index in [9.17, 15) is 4.79 Å². The molecule has 1 amide bonds. The van der Waals surface area contributed by atoms with E-state index in [1.165, 1.54) is 0 Å². The second-order valence-electron chi connectivity index (χ2n) is 5.58. The lowest BCUT2D eigenvalue weighted by Crippen LogP contribution is -2.13. The summed E-state index contributed by atoms with van der Waals surface area (Å²) in [5.41, 5.74) is 3.91. The second kappa shape index (κ2) is 6.58. The number of aromatic nitrogens is 1. The molecule has 3 aromatic rings. The van der Waals surface area contributed by atoms with Gasteiger partial charge in [-0.3, -0.25) is 4.79 Å². The fourth-order valence-corrected chi connectivity index (χ4v) is 2.33. The smallest absolute Gasteiger partial charge is 0.277 e. The van der Waals surface area contributed by atoms with Crippen molar-refractivity contribution in [1.82, 2.24) is 5.16 Å². The number of benzene rings is 2. The number of hydrogen-bond donors (Lipinski definition) is 1. The first-order valence-electron chi connectivity index (χ1n) is 7.56. The zero-order valence-corrected chi connectivity index (χ0v) is 13.8. The average Bonchev–Trinajstić information content (AvgIpc) is 3.08. The minimum absolute atomic E-state index is 0.238. The van der Waals surface area contributed by atoms with Crippen LogP contribution in [0.1, 0.15) is 21.6 Å². The van der Waals surface area contributed by atoms with E-state index in [0.29, 0.717) is 5.76 Å². The number of hydrogen-bond acceptors (Lipinski definition) is 4. The highest BCUT2D eigenvalue weighted by molar-refractivity contribution is 6.03. The Morgan fingerprint density at radius 1 is 1.08 bits per heavy atom. The monoisotopic (exact) mass is 322 g/mol. The maximum absolute atomic E-state index is 12.4. The first-order valence-corrected chi connectivity index (χ1v) is 7.56. The van der Waals surface area contributed by atoms with Crippen LogP contribution in [0.15, 0.2) is 53.1 Å². The van der Waals surface area contributed by atoms with Crippen molar-refractivity contribution in [1.29, 1.82) is 0 Å². The van der Waals surface area contributed by atoms with E-state index in [0.717, 1.165) is 28.1 Å². The molecule has 0 spiro atoms. The van der Waals surface area contributed by atoms with Gasteiger partial charge in [0.1, 0.15) is 5.75 Å². The van der Waals surface area contributed by atoms with Gasteiger partial charge in [-0.15, -0.1) is 0 Å². The van der Waals surface area contributed by atoms with Crippen molar-refractivity contribution in [3.63, 3.8) is 0 Å². The first kappa shape index (κ1) is 15.8. The lowest BCUT2D eigenvalue weighted by atomic mass is 10.1. The van der Waals surface area contributed by atoms with Gasteiger partial charge in [-0.05, 0) is 55.3 Å². The lowest BCUT2D eigenvalue weighted by molar-refractivity contribution is 0.101. The van der Waals surface area contributed by atoms with Crippen molar-refractivity contribution in [2.75, 3.05) is 12.4 Å². The Hall–Kier alpha value is -3.08. The van der Waals surface area contributed by atoms with Crippen molar-refractivity contribution < 1.29 is 14.1 Å². The molecular formula is C19H18N2O3. The van der Waals surface area contributed by atoms with Gasteiger partial charge >= 0.3 is 0 Å². The molecule has 0 aliphatic rings. The SMILES string of the molecule is COc1ccc(-c2cc(C(=O)Nc3cc(C)ccc3C)no2)cc1. The highest BCUT2D eigenvalue weighted by Gasteiger charge is 2.15. The van der Waals surface area contributed by atoms with Gasteiger partial charge in [0, 0.05) is 17.3 Å². The molecule has 0 aliphatic carbocycles. The molecule has 3 rings (SSSR count). The summed E-state index contributed by atoms with van der Waals surface area (Å²) in [5.74, 6) is 0.988. The molecule has 0 radical (unpaired) electrons. The largest absolute Gasteiger partial charge is 0.497 e. The van der Waals surface area contributed by atoms with Crippen molar-refractivity contribution >= 4 is 11.6 Å². The fourth-order valence-electron chi connectivity index (χ4n) is 2.33. The molecule has 0 saturated heterocycles. The molecule has 0 aliphatic heterocycles. The average molecular weight is 322 g/mol. The summed E-state index contributed by atoms with van der Waals surface area (Å²) in [5, 5.41) is 6.73. The van der Waals surface area contributed by atoms with Crippen molar-refractivity contribution in [3.05, 3.63) is 65.4 Å². The number of nitrogens with zero attached hydrogens (tertiary/aromatic N) is 1. The van der Waals surface area contributed by atoms with Crippen LogP contribution in [0.5, 0.6) is 5.75 Å². The Labute approximate surface area is 140 Å². The molecule has 24 heavy (non-hydrogen) atoms. The number of carbonyl (C=O) groups is 1. The minimum Gasteiger partial charge on any atom is -0.497 e. The summed E-state index contributed by atoms with van der Waals surface area (Å²) in [7, 11) is 1.61. The molecule has 5 nitrogen and oxygen atoms in total. The minimum atomic E-state index is -0.299. The Kier molecular flexibility index (Phi) is 4.33. The summed E-state index contributed by atoms with van der Waals surface area (Å²) < 4.78 is 10.4. The Morgan fingerprint density at radius 3 is 2.54 bits per heavy atom. The Bertz CT molecular complexity index is 867. The van der Waals surface area contributed by atoms with E-state index in [-0.39, 0.29) is 11.6 Å². The lowest BCUT2D eigenvalue weighted by Gasteiger charge is -2.07. The Morgan fingerprint density at radius 2 is 1.83 bits per heavy atom. The van der Waals surface area contributed by atoms with Crippen LogP contribution >= 0.6 is 0 Å². The molecule has 0 saturated carbocycles. The molecule has 0 fully saturated rings. The number of aryl methyl sites for hydroxylation is 2. The first-order chi connectivity index (χ1) is 11.6. The summed E-state index contributed by atoms with van der Waals surface area (Å²) in [6, 6.07) is 14.9. The number of methoxy groups -OCH3 is 1. The maximum Gasteiger partial charge on any atom is 0.277 e. The predicted molar refractivity (Wildman–Crippen MR) is 92.4 cm³/mol. The molecule has 5 heteroatoms. The van der Waals surface area contributed by atoms with Gasteiger partial charge in [0.25, 0.3) is 5.91 Å². The van der Waals surface area contributed by atoms with E-state index in [1.807, 2.05) is 56.3 Å². The van der Waals surface area contributed by atoms with Gasteiger partial charge < -0.3 is 14.6 Å². The normalized spacial score (nSPS) is 10.5. The molecule has 1 heterocycles. The van der Waals surface area contributed by atoms with Crippen molar-refractivity contribution in [2.45, 2.75) is 13.8 Å². The number of nitrogens with one attached hydrogen (secondary N) is 1. The topological polar surface area (TPSA) is 64.4 Å². The molecular weight excluding hydrogens is 304 g/mol. The van der Waals surface area contributed by atoms with Crippen LogP contribution < -0.4 is 10.1 Å². The van der Waals surface area contributed by atoms with Crippen LogP contribution in [0.4, 0.5) is 5.69 Å². The summed E-state index contributed by atoms with van der Waals surface area (Å²) in [6.45, 7) is 3.92. The number of anilines is 1. The van der Waals surface area contributed by atoms with Crippen LogP contribution in [0.2, 0.25) is 0 Å². The quantitative estimate of drug-likeness (QED) is 0.781. The highest BCUT2D eigenvalue weighted by atomic mass is 16.5. The second-order valence-corrected chi connectivity index (χ2v) is 5.58. The van der Waals surface area contributed by atoms with Crippen LogP contribution in [-0.2, 0) is 0 Å². The standard InChI is InChI=1S/C19H18N2O3/c1-12-4-5-13(2)16(10-12)20-19(22)17-11-18(24-21-17)14-6-8-15(23-3)9-7-14/h4-11H,1-3H3,(H,20,22). The Balaban J connectivity index is 1.79. The van der Waals surface area contributed by atoms with Gasteiger partial charge in [0.15, 0.2) is 11.5 Å². The molecule has 1 aromatic heterocycles. The maximum atomic E-state index is 12.4. The molecule has 0 unspecified atom stereocenters. The van der Waals surface area contributed by atoms with E-state index < -0.39 is 0 Å². The van der Waals surface area contributed by atoms with Crippen LogP contribution in [0.3, 0.4) is 0 Å². The van der Waals surface area contributed by atoms with Crippen LogP contribution in [0, 0.1) is 13.8 Å². The van der Waals surface area contributed by atoms with Crippen LogP contribution in [-0.4, -0.2) is 18.2 Å². The van der Waals surface area contributed by atoms with Gasteiger partial charge in [0.05, 0.1) is 7.11 Å². The van der Waals surface area contributed by atoms with E-state index >= 15 is 0 Å². The molecule has 2 aromatic carbocycles. The molecule has 1 N–H and O–H groups in total.